The fraction of sp³-hybridized carbons (Fsp3) is 0.0870. The molecule has 4 rings (SSSR count). The van der Waals surface area contributed by atoms with Gasteiger partial charge in [-0.1, -0.05) is 23.8 Å². The molecule has 0 saturated carbocycles. The number of nitrogens with one attached hydrogen (secondary N) is 1. The van der Waals surface area contributed by atoms with Crippen LogP contribution in [0.2, 0.25) is 0 Å². The molecule has 1 aliphatic rings. The van der Waals surface area contributed by atoms with Crippen molar-refractivity contribution in [1.29, 1.82) is 0 Å². The summed E-state index contributed by atoms with van der Waals surface area (Å²) in [7, 11) is 0. The summed E-state index contributed by atoms with van der Waals surface area (Å²) in [5, 5.41) is 45.8. The number of aryl methyl sites for hydroxylation is 2. The van der Waals surface area contributed by atoms with Gasteiger partial charge in [-0.25, -0.2) is 0 Å². The largest absolute Gasteiger partial charge is 0.508 e. The number of hydrogen-bond donors (Lipinski definition) is 5. The van der Waals surface area contributed by atoms with Crippen molar-refractivity contribution in [2.24, 2.45) is 5.10 Å². The van der Waals surface area contributed by atoms with Crippen molar-refractivity contribution in [1.82, 2.24) is 5.43 Å². The standard InChI is InChI=1S/C23H21N3O4/c1-13-3-6-17(14(2)9-13)19-12-20(18-7-4-15(27)10-22(18)29)25-26(24-19)21-8-5-16(28)11-23(21)30/h3-12,24,27-30H,1-2H3. The number of benzene rings is 3. The molecule has 30 heavy (non-hydrogen) atoms. The Bertz CT molecular complexity index is 1200. The quantitative estimate of drug-likeness (QED) is 0.454. The number of allylic oxidation sites excluding steroid dienone is 1. The van der Waals surface area contributed by atoms with Gasteiger partial charge in [-0.3, -0.25) is 5.43 Å². The Morgan fingerprint density at radius 2 is 1.43 bits per heavy atom. The third kappa shape index (κ3) is 3.60. The SMILES string of the molecule is Cc1ccc(C2=CC(c3ccc(O)cc3O)=NN(c3ccc(O)cc3O)N2)c(C)c1. The summed E-state index contributed by atoms with van der Waals surface area (Å²) < 4.78 is 0. The van der Waals surface area contributed by atoms with Gasteiger partial charge in [0.25, 0.3) is 0 Å². The van der Waals surface area contributed by atoms with Crippen molar-refractivity contribution in [2.75, 3.05) is 5.12 Å². The van der Waals surface area contributed by atoms with Crippen LogP contribution in [0.5, 0.6) is 23.0 Å². The second-order valence-electron chi connectivity index (χ2n) is 7.16. The fourth-order valence-corrected chi connectivity index (χ4v) is 3.37. The molecule has 5 N–H and O–H groups in total. The molecular formula is C23H21N3O4. The highest BCUT2D eigenvalue weighted by Gasteiger charge is 2.22. The smallest absolute Gasteiger partial charge is 0.146 e. The first-order chi connectivity index (χ1) is 14.3. The Morgan fingerprint density at radius 3 is 2.10 bits per heavy atom. The molecule has 0 radical (unpaired) electrons. The maximum Gasteiger partial charge on any atom is 0.146 e. The van der Waals surface area contributed by atoms with Crippen LogP contribution in [0.15, 0.2) is 65.8 Å². The second kappa shape index (κ2) is 7.36. The number of anilines is 1. The maximum atomic E-state index is 10.3. The minimum Gasteiger partial charge on any atom is -0.508 e. The molecule has 0 bridgehead atoms. The Hall–Kier alpha value is -4.13. The molecule has 0 saturated heterocycles. The zero-order valence-electron chi connectivity index (χ0n) is 16.5. The monoisotopic (exact) mass is 403 g/mol. The average Bonchev–Trinajstić information content (AvgIpc) is 2.67. The van der Waals surface area contributed by atoms with E-state index >= 15 is 0 Å². The van der Waals surface area contributed by atoms with Crippen LogP contribution < -0.4 is 10.5 Å². The Morgan fingerprint density at radius 1 is 0.767 bits per heavy atom. The minimum absolute atomic E-state index is 0.0580. The van der Waals surface area contributed by atoms with Gasteiger partial charge in [0, 0.05) is 23.3 Å². The van der Waals surface area contributed by atoms with Crippen LogP contribution in [0.3, 0.4) is 0 Å². The highest BCUT2D eigenvalue weighted by Crippen LogP contribution is 2.34. The second-order valence-corrected chi connectivity index (χ2v) is 7.16. The van der Waals surface area contributed by atoms with Crippen LogP contribution in [-0.4, -0.2) is 26.1 Å². The average molecular weight is 403 g/mol. The van der Waals surface area contributed by atoms with E-state index in [9.17, 15) is 20.4 Å². The number of hydrazine groups is 1. The van der Waals surface area contributed by atoms with Gasteiger partial charge in [0.05, 0.1) is 11.4 Å². The van der Waals surface area contributed by atoms with Gasteiger partial charge in [0.15, 0.2) is 0 Å². The summed E-state index contributed by atoms with van der Waals surface area (Å²) in [6, 6.07) is 14.5. The molecule has 1 heterocycles. The predicted molar refractivity (Wildman–Crippen MR) is 116 cm³/mol. The number of hydrogen-bond acceptors (Lipinski definition) is 7. The summed E-state index contributed by atoms with van der Waals surface area (Å²) in [6.45, 7) is 4.01. The van der Waals surface area contributed by atoms with E-state index in [2.05, 4.69) is 16.6 Å². The zero-order chi connectivity index (χ0) is 21.4. The molecule has 7 nitrogen and oxygen atoms in total. The molecule has 0 unspecified atom stereocenters. The number of nitrogens with zero attached hydrogens (tertiary/aromatic N) is 2. The van der Waals surface area contributed by atoms with E-state index in [0.29, 0.717) is 22.7 Å². The highest BCUT2D eigenvalue weighted by molar-refractivity contribution is 6.15. The van der Waals surface area contributed by atoms with E-state index in [1.807, 2.05) is 26.0 Å². The van der Waals surface area contributed by atoms with Crippen LogP contribution in [-0.2, 0) is 0 Å². The molecule has 7 heteroatoms. The Kier molecular flexibility index (Phi) is 4.71. The first-order valence-corrected chi connectivity index (χ1v) is 9.31. The summed E-state index contributed by atoms with van der Waals surface area (Å²) in [5.74, 6) is -0.416. The van der Waals surface area contributed by atoms with E-state index < -0.39 is 0 Å². The highest BCUT2D eigenvalue weighted by atomic mass is 16.3. The third-order valence-electron chi connectivity index (χ3n) is 4.83. The van der Waals surface area contributed by atoms with Crippen LogP contribution in [0.4, 0.5) is 5.69 Å². The van der Waals surface area contributed by atoms with Crippen molar-refractivity contribution < 1.29 is 20.4 Å². The molecular weight excluding hydrogens is 382 g/mol. The van der Waals surface area contributed by atoms with E-state index in [1.165, 1.54) is 35.4 Å². The number of aromatic hydroxyl groups is 4. The minimum atomic E-state index is -0.164. The van der Waals surface area contributed by atoms with Crippen molar-refractivity contribution >= 4 is 17.1 Å². The molecule has 0 aromatic heterocycles. The first kappa shape index (κ1) is 19.2. The molecule has 0 amide bonds. The zero-order valence-corrected chi connectivity index (χ0v) is 16.5. The van der Waals surface area contributed by atoms with Gasteiger partial charge in [0.1, 0.15) is 28.7 Å². The summed E-state index contributed by atoms with van der Waals surface area (Å²) in [5.41, 5.74) is 8.13. The predicted octanol–water partition coefficient (Wildman–Crippen LogP) is 3.90. The van der Waals surface area contributed by atoms with Crippen LogP contribution in [0, 0.1) is 13.8 Å². The van der Waals surface area contributed by atoms with Gasteiger partial charge in [-0.15, -0.1) is 0 Å². The van der Waals surface area contributed by atoms with Crippen LogP contribution >= 0.6 is 0 Å². The molecule has 0 aliphatic carbocycles. The lowest BCUT2D eigenvalue weighted by Gasteiger charge is -2.29. The fourth-order valence-electron chi connectivity index (χ4n) is 3.37. The van der Waals surface area contributed by atoms with Gasteiger partial charge in [0.2, 0.25) is 0 Å². The summed E-state index contributed by atoms with van der Waals surface area (Å²) >= 11 is 0. The Labute approximate surface area is 173 Å². The molecule has 152 valence electrons. The van der Waals surface area contributed by atoms with E-state index in [-0.39, 0.29) is 23.0 Å². The number of rotatable bonds is 3. The summed E-state index contributed by atoms with van der Waals surface area (Å²) in [6.07, 6.45) is 1.79. The lowest BCUT2D eigenvalue weighted by Crippen LogP contribution is -2.37. The van der Waals surface area contributed by atoms with Crippen molar-refractivity contribution in [3.8, 4) is 23.0 Å². The Balaban J connectivity index is 1.87. The van der Waals surface area contributed by atoms with Gasteiger partial charge in [-0.05, 0) is 49.8 Å². The molecule has 3 aromatic rings. The van der Waals surface area contributed by atoms with Gasteiger partial charge < -0.3 is 20.4 Å². The van der Waals surface area contributed by atoms with Crippen molar-refractivity contribution in [2.45, 2.75) is 13.8 Å². The van der Waals surface area contributed by atoms with Crippen LogP contribution in [0.1, 0.15) is 22.3 Å². The molecule has 1 aliphatic heterocycles. The van der Waals surface area contributed by atoms with Crippen LogP contribution in [0.25, 0.3) is 5.70 Å². The maximum absolute atomic E-state index is 10.3. The number of phenols is 4. The molecule has 0 atom stereocenters. The van der Waals surface area contributed by atoms with Gasteiger partial charge >= 0.3 is 0 Å². The van der Waals surface area contributed by atoms with Crippen molar-refractivity contribution in [3.05, 3.63) is 82.9 Å². The molecule has 0 spiro atoms. The van der Waals surface area contributed by atoms with Gasteiger partial charge in [-0.2, -0.15) is 10.2 Å². The number of hydrazone groups is 1. The summed E-state index contributed by atoms with van der Waals surface area (Å²) in [4.78, 5) is 0. The lowest BCUT2D eigenvalue weighted by molar-refractivity contribution is 0.449. The van der Waals surface area contributed by atoms with Crippen molar-refractivity contribution in [3.63, 3.8) is 0 Å². The lowest BCUT2D eigenvalue weighted by atomic mass is 10.00. The first-order valence-electron chi connectivity index (χ1n) is 9.31. The number of phenolic OH excluding ortho intramolecular Hbond substituents is 4. The normalized spacial score (nSPS) is 13.5. The van der Waals surface area contributed by atoms with E-state index in [4.69, 9.17) is 0 Å². The van der Waals surface area contributed by atoms with E-state index in [1.54, 1.807) is 12.1 Å². The van der Waals surface area contributed by atoms with E-state index in [0.717, 1.165) is 16.7 Å². The third-order valence-corrected chi connectivity index (χ3v) is 4.83. The molecule has 0 fully saturated rings. The molecule has 3 aromatic carbocycles. The topological polar surface area (TPSA) is 109 Å².